The summed E-state index contributed by atoms with van der Waals surface area (Å²) in [6, 6.07) is 137. The lowest BCUT2D eigenvalue weighted by atomic mass is 9.86. The fourth-order valence-corrected chi connectivity index (χ4v) is 15.6. The third-order valence-electron chi connectivity index (χ3n) is 20.3. The smallest absolute Gasteiger partial charge is 0.0547 e. The van der Waals surface area contributed by atoms with Crippen LogP contribution in [-0.2, 0) is 0 Å². The van der Waals surface area contributed by atoms with E-state index in [0.29, 0.717) is 0 Å². The van der Waals surface area contributed by atoms with Gasteiger partial charge in [0.15, 0.2) is 0 Å². The van der Waals surface area contributed by atoms with Gasteiger partial charge in [0.25, 0.3) is 0 Å². The maximum Gasteiger partial charge on any atom is 0.0547 e. The number of para-hydroxylation sites is 1. The first-order valence-electron chi connectivity index (χ1n) is 33.9. The summed E-state index contributed by atoms with van der Waals surface area (Å²) in [4.78, 5) is 0. The van der Waals surface area contributed by atoms with E-state index in [9.17, 15) is 0 Å². The second-order valence-electron chi connectivity index (χ2n) is 25.9. The minimum absolute atomic E-state index is 1.16. The van der Waals surface area contributed by atoms with Gasteiger partial charge in [0.2, 0.25) is 0 Å². The molecule has 0 radical (unpaired) electrons. The molecule has 0 unspecified atom stereocenters. The summed E-state index contributed by atoms with van der Waals surface area (Å²) in [7, 11) is 0. The average molecular weight is 1240 g/mol. The Hall–Kier alpha value is -12.9. The molecule has 0 atom stereocenters. The van der Waals surface area contributed by atoms with Gasteiger partial charge in [0.1, 0.15) is 0 Å². The van der Waals surface area contributed by atoms with E-state index in [4.69, 9.17) is 0 Å². The zero-order valence-electron chi connectivity index (χ0n) is 53.7. The molecule has 2 nitrogen and oxygen atoms in total. The zero-order chi connectivity index (χ0) is 64.6. The van der Waals surface area contributed by atoms with Gasteiger partial charge < -0.3 is 9.13 Å². The topological polar surface area (TPSA) is 9.86 Å². The van der Waals surface area contributed by atoms with Crippen LogP contribution in [0.15, 0.2) is 376 Å². The van der Waals surface area contributed by atoms with Crippen molar-refractivity contribution in [1.29, 1.82) is 0 Å². The summed E-state index contributed by atoms with van der Waals surface area (Å²) in [5.41, 5.74) is 22.0. The van der Waals surface area contributed by atoms with Gasteiger partial charge in [-0.05, 0) is 204 Å². The first-order valence-corrected chi connectivity index (χ1v) is 33.9. The van der Waals surface area contributed by atoms with Crippen LogP contribution in [0.3, 0.4) is 0 Å². The third kappa shape index (κ3) is 9.64. The summed E-state index contributed by atoms with van der Waals surface area (Å²) in [6.45, 7) is 0. The van der Waals surface area contributed by atoms with Crippen molar-refractivity contribution in [2.45, 2.75) is 0 Å². The van der Waals surface area contributed by atoms with Gasteiger partial charge in [-0.15, -0.1) is 0 Å². The summed E-state index contributed by atoms with van der Waals surface area (Å²) in [6.07, 6.45) is 0. The van der Waals surface area contributed by atoms with Crippen LogP contribution >= 0.6 is 0 Å². The monoisotopic (exact) mass is 1240 g/mol. The Bertz CT molecular complexity index is 6160. The van der Waals surface area contributed by atoms with Gasteiger partial charge in [-0.1, -0.05) is 303 Å². The summed E-state index contributed by atoms with van der Waals surface area (Å²) in [5.74, 6) is 0. The molecule has 20 rings (SSSR count). The van der Waals surface area contributed by atoms with E-state index in [0.717, 1.165) is 11.4 Å². The molecule has 0 amide bonds. The Labute approximate surface area is 568 Å². The predicted molar refractivity (Wildman–Crippen MR) is 419 cm³/mol. The summed E-state index contributed by atoms with van der Waals surface area (Å²) >= 11 is 0. The van der Waals surface area contributed by atoms with E-state index in [1.807, 2.05) is 0 Å². The Morgan fingerprint density at radius 3 is 0.847 bits per heavy atom. The van der Waals surface area contributed by atoms with Crippen molar-refractivity contribution in [3.8, 4) is 78.1 Å². The second-order valence-corrected chi connectivity index (χ2v) is 25.9. The van der Waals surface area contributed by atoms with Crippen molar-refractivity contribution >= 4 is 108 Å². The van der Waals surface area contributed by atoms with Crippen molar-refractivity contribution in [2.75, 3.05) is 0 Å². The highest BCUT2D eigenvalue weighted by molar-refractivity contribution is 6.29. The number of benzene rings is 18. The maximum absolute atomic E-state index is 2.45. The highest BCUT2D eigenvalue weighted by Crippen LogP contribution is 2.46. The fraction of sp³-hybridized carbons (Fsp3) is 0. The summed E-state index contributed by atoms with van der Waals surface area (Å²) < 4.78 is 4.84. The number of hydrogen-bond acceptors (Lipinski definition) is 0. The zero-order valence-corrected chi connectivity index (χ0v) is 53.7. The van der Waals surface area contributed by atoms with Crippen LogP contribution in [0, 0.1) is 0 Å². The Morgan fingerprint density at radius 1 is 0.143 bits per heavy atom. The SMILES string of the molecule is c1ccc(-c2c3ccccc3c(-c3ccc(-n4c5ccc6ccccc6c5c5c6ccccc6ccc54)cc3)c3ccccc23)cc1.c1ccc(-n2c3ccc(-c4ccc(-c5ccc6ccccc6c5)cc4)cc3c3cc(-c4ccc(-c5ccc6ccccc6c5)cc4)ccc32)cc1. The molecule has 0 fully saturated rings. The largest absolute Gasteiger partial charge is 0.309 e. The molecule has 0 N–H and O–H groups in total. The third-order valence-corrected chi connectivity index (χ3v) is 20.3. The van der Waals surface area contributed by atoms with E-state index >= 15 is 0 Å². The van der Waals surface area contributed by atoms with Gasteiger partial charge in [-0.2, -0.15) is 0 Å². The normalized spacial score (nSPS) is 11.7. The van der Waals surface area contributed by atoms with Crippen molar-refractivity contribution in [1.82, 2.24) is 9.13 Å². The molecule has 20 aromatic rings. The van der Waals surface area contributed by atoms with Gasteiger partial charge in [0, 0.05) is 32.9 Å². The van der Waals surface area contributed by atoms with E-state index in [1.165, 1.54) is 175 Å². The first-order chi connectivity index (χ1) is 48.6. The molecular formula is C96H62N2. The number of rotatable bonds is 8. The highest BCUT2D eigenvalue weighted by atomic mass is 15.0. The molecule has 18 aromatic carbocycles. The van der Waals surface area contributed by atoms with Crippen LogP contribution in [0.5, 0.6) is 0 Å². The van der Waals surface area contributed by atoms with Crippen LogP contribution in [0.2, 0.25) is 0 Å². The molecule has 0 saturated carbocycles. The van der Waals surface area contributed by atoms with E-state index in [-0.39, 0.29) is 0 Å². The molecule has 0 aliphatic carbocycles. The molecule has 0 aliphatic heterocycles. The van der Waals surface area contributed by atoms with Crippen LogP contribution in [0.4, 0.5) is 0 Å². The van der Waals surface area contributed by atoms with Crippen molar-refractivity contribution in [3.63, 3.8) is 0 Å². The van der Waals surface area contributed by atoms with Crippen molar-refractivity contribution < 1.29 is 0 Å². The number of fused-ring (bicyclic) bond motifs is 14. The minimum atomic E-state index is 1.16. The van der Waals surface area contributed by atoms with Gasteiger partial charge >= 0.3 is 0 Å². The molecule has 0 aliphatic rings. The van der Waals surface area contributed by atoms with Crippen LogP contribution < -0.4 is 0 Å². The van der Waals surface area contributed by atoms with Crippen LogP contribution in [0.1, 0.15) is 0 Å². The molecule has 2 aromatic heterocycles. The second kappa shape index (κ2) is 23.5. The molecule has 2 heteroatoms. The van der Waals surface area contributed by atoms with E-state index in [2.05, 4.69) is 385 Å². The van der Waals surface area contributed by atoms with E-state index < -0.39 is 0 Å². The molecule has 0 saturated heterocycles. The minimum Gasteiger partial charge on any atom is -0.309 e. The Kier molecular flexibility index (Phi) is 13.6. The average Bonchev–Trinajstić information content (AvgIpc) is 1.51. The molecule has 0 spiro atoms. The number of aromatic nitrogens is 2. The quantitative estimate of drug-likeness (QED) is 0.134. The van der Waals surface area contributed by atoms with Gasteiger partial charge in [0.05, 0.1) is 22.1 Å². The molecule has 456 valence electrons. The molecule has 0 bridgehead atoms. The lowest BCUT2D eigenvalue weighted by molar-refractivity contribution is 1.18. The number of hydrogen-bond donors (Lipinski definition) is 0. The standard InChI is InChI=1S/C50H33N.C46H29N/c1-2-12-46(13-3-1)51-49-28-26-44(38-18-14-36(15-19-38)42-24-22-34-8-4-6-10-40(34)30-42)32-47(49)48-33-45(27-29-50(48)51)39-20-16-37(17-21-39)43-25-23-35-9-5-7-11-41(35)31-43;1-2-14-32(15-3-1)43-37-18-8-10-20-39(37)44(40-21-11-9-19-38(40)43)33-22-26-34(27-23-33)47-41-28-24-30-12-4-6-16-35(30)45(41)46-36-17-7-5-13-31(36)25-29-42(46)47/h1-33H;1-29H. The van der Waals surface area contributed by atoms with Crippen LogP contribution in [0.25, 0.3) is 186 Å². The predicted octanol–water partition coefficient (Wildman–Crippen LogP) is 26.5. The van der Waals surface area contributed by atoms with Gasteiger partial charge in [-0.25, -0.2) is 0 Å². The summed E-state index contributed by atoms with van der Waals surface area (Å²) in [5, 5.41) is 20.4. The van der Waals surface area contributed by atoms with E-state index in [1.54, 1.807) is 0 Å². The van der Waals surface area contributed by atoms with Gasteiger partial charge in [-0.3, -0.25) is 0 Å². The maximum atomic E-state index is 2.45. The highest BCUT2D eigenvalue weighted by Gasteiger charge is 2.21. The Balaban J connectivity index is 0.000000138. The first kappa shape index (κ1) is 56.6. The number of nitrogens with zero attached hydrogens (tertiary/aromatic N) is 2. The molecule has 98 heavy (non-hydrogen) atoms. The molecular weight excluding hydrogens is 1180 g/mol. The fourth-order valence-electron chi connectivity index (χ4n) is 15.6. The van der Waals surface area contributed by atoms with Crippen LogP contribution in [-0.4, -0.2) is 9.13 Å². The van der Waals surface area contributed by atoms with Crippen molar-refractivity contribution in [2.24, 2.45) is 0 Å². The Morgan fingerprint density at radius 2 is 0.418 bits per heavy atom. The lowest BCUT2D eigenvalue weighted by Crippen LogP contribution is -1.95. The van der Waals surface area contributed by atoms with Crippen molar-refractivity contribution in [3.05, 3.63) is 376 Å². The lowest BCUT2D eigenvalue weighted by Gasteiger charge is -2.18. The molecule has 2 heterocycles.